The van der Waals surface area contributed by atoms with Gasteiger partial charge in [-0.05, 0) is 37.3 Å². The summed E-state index contributed by atoms with van der Waals surface area (Å²) in [6.07, 6.45) is 0. The van der Waals surface area contributed by atoms with Gasteiger partial charge in [0, 0.05) is 19.8 Å². The Bertz CT molecular complexity index is 923. The van der Waals surface area contributed by atoms with Crippen molar-refractivity contribution in [2.24, 2.45) is 0 Å². The van der Waals surface area contributed by atoms with Crippen LogP contribution in [0.3, 0.4) is 0 Å². The molecule has 0 fully saturated rings. The average Bonchev–Trinajstić information content (AvgIpc) is 2.54. The molecule has 0 saturated heterocycles. The zero-order valence-corrected chi connectivity index (χ0v) is 15.5. The van der Waals surface area contributed by atoms with E-state index in [4.69, 9.17) is 9.11 Å². The van der Waals surface area contributed by atoms with E-state index in [0.29, 0.717) is 0 Å². The molecule has 0 aliphatic heterocycles. The molecule has 0 saturated carbocycles. The molecule has 2 rings (SSSR count). The molecule has 4 N–H and O–H groups in total. The van der Waals surface area contributed by atoms with Crippen LogP contribution in [0.1, 0.15) is 5.56 Å². The Morgan fingerprint density at radius 1 is 0.800 bits per heavy atom. The Labute approximate surface area is 147 Å². The monoisotopic (exact) mass is 388 g/mol. The molecule has 10 heteroatoms. The SMILES string of the molecule is CNc1cc(S(=O)(=O)O)ccc1S(=O)(=O)O.CNc1ccc(C)cc1. The Balaban J connectivity index is 0.000000293. The van der Waals surface area contributed by atoms with Gasteiger partial charge in [0.25, 0.3) is 20.2 Å². The minimum absolute atomic E-state index is 0.127. The van der Waals surface area contributed by atoms with Gasteiger partial charge in [0.05, 0.1) is 10.6 Å². The van der Waals surface area contributed by atoms with E-state index in [1.54, 1.807) is 0 Å². The van der Waals surface area contributed by atoms with Gasteiger partial charge in [0.2, 0.25) is 0 Å². The molecule has 0 radical (unpaired) electrons. The van der Waals surface area contributed by atoms with Crippen LogP contribution in [-0.2, 0) is 20.2 Å². The summed E-state index contributed by atoms with van der Waals surface area (Å²) in [5.41, 5.74) is 2.34. The molecule has 0 aliphatic rings. The van der Waals surface area contributed by atoms with Crippen LogP contribution in [-0.4, -0.2) is 40.0 Å². The van der Waals surface area contributed by atoms with Crippen LogP contribution in [0.15, 0.2) is 52.3 Å². The molecule has 0 atom stereocenters. The highest BCUT2D eigenvalue weighted by atomic mass is 32.2. The molecule has 0 aromatic heterocycles. The van der Waals surface area contributed by atoms with Crippen LogP contribution >= 0.6 is 0 Å². The molecule has 0 heterocycles. The van der Waals surface area contributed by atoms with Gasteiger partial charge in [-0.2, -0.15) is 16.8 Å². The molecular weight excluding hydrogens is 368 g/mol. The summed E-state index contributed by atoms with van der Waals surface area (Å²) in [7, 11) is -5.59. The van der Waals surface area contributed by atoms with Crippen molar-refractivity contribution in [2.75, 3.05) is 24.7 Å². The number of hydrogen-bond acceptors (Lipinski definition) is 6. The van der Waals surface area contributed by atoms with Crippen LogP contribution in [0.4, 0.5) is 11.4 Å². The van der Waals surface area contributed by atoms with Crippen LogP contribution in [0.5, 0.6) is 0 Å². The Kier molecular flexibility index (Phi) is 6.94. The third-order valence-corrected chi connectivity index (χ3v) is 4.90. The minimum atomic E-state index is -4.45. The topological polar surface area (TPSA) is 133 Å². The van der Waals surface area contributed by atoms with Gasteiger partial charge >= 0.3 is 0 Å². The van der Waals surface area contributed by atoms with Gasteiger partial charge in [-0.25, -0.2) is 0 Å². The predicted octanol–water partition coefficient (Wildman–Crippen LogP) is 2.26. The van der Waals surface area contributed by atoms with Crippen molar-refractivity contribution in [3.8, 4) is 0 Å². The van der Waals surface area contributed by atoms with Crippen molar-refractivity contribution in [1.29, 1.82) is 0 Å². The first-order chi connectivity index (χ1) is 11.5. The highest BCUT2D eigenvalue weighted by Gasteiger charge is 2.18. The van der Waals surface area contributed by atoms with Gasteiger partial charge in [0.1, 0.15) is 4.90 Å². The summed E-state index contributed by atoms with van der Waals surface area (Å²) < 4.78 is 60.9. The fourth-order valence-corrected chi connectivity index (χ4v) is 3.00. The molecule has 0 bridgehead atoms. The van der Waals surface area contributed by atoms with E-state index in [-0.39, 0.29) is 5.69 Å². The lowest BCUT2D eigenvalue weighted by atomic mass is 10.2. The maximum absolute atomic E-state index is 10.9. The lowest BCUT2D eigenvalue weighted by Crippen LogP contribution is -2.06. The quantitative estimate of drug-likeness (QED) is 0.586. The summed E-state index contributed by atoms with van der Waals surface area (Å²) in [5.74, 6) is 0. The highest BCUT2D eigenvalue weighted by molar-refractivity contribution is 7.86. The summed E-state index contributed by atoms with van der Waals surface area (Å²) >= 11 is 0. The first kappa shape index (κ1) is 20.9. The van der Waals surface area contributed by atoms with Crippen LogP contribution in [0, 0.1) is 6.92 Å². The zero-order chi connectivity index (χ0) is 19.3. The molecule has 0 aliphatic carbocycles. The molecule has 0 unspecified atom stereocenters. The number of anilines is 2. The van der Waals surface area contributed by atoms with Crippen molar-refractivity contribution < 1.29 is 25.9 Å². The van der Waals surface area contributed by atoms with Gasteiger partial charge in [0.15, 0.2) is 0 Å². The lowest BCUT2D eigenvalue weighted by Gasteiger charge is -2.07. The van der Waals surface area contributed by atoms with E-state index in [0.717, 1.165) is 18.2 Å². The van der Waals surface area contributed by atoms with Crippen molar-refractivity contribution >= 4 is 31.6 Å². The van der Waals surface area contributed by atoms with Crippen molar-refractivity contribution in [1.82, 2.24) is 0 Å². The first-order valence-corrected chi connectivity index (χ1v) is 9.88. The van der Waals surface area contributed by atoms with Crippen LogP contribution in [0.2, 0.25) is 0 Å². The molecule has 8 nitrogen and oxygen atoms in total. The smallest absolute Gasteiger partial charge is 0.296 e. The van der Waals surface area contributed by atoms with Crippen molar-refractivity contribution in [2.45, 2.75) is 16.7 Å². The van der Waals surface area contributed by atoms with Gasteiger partial charge in [-0.1, -0.05) is 17.7 Å². The van der Waals surface area contributed by atoms with E-state index in [1.165, 1.54) is 18.3 Å². The number of hydrogen-bond donors (Lipinski definition) is 4. The second kappa shape index (κ2) is 8.30. The van der Waals surface area contributed by atoms with E-state index < -0.39 is 30.0 Å². The lowest BCUT2D eigenvalue weighted by molar-refractivity contribution is 0.479. The predicted molar refractivity (Wildman–Crippen MR) is 96.3 cm³/mol. The van der Waals surface area contributed by atoms with Gasteiger partial charge in [-0.3, -0.25) is 9.11 Å². The largest absolute Gasteiger partial charge is 0.388 e. The summed E-state index contributed by atoms with van der Waals surface area (Å²) in [4.78, 5) is -0.938. The number of aryl methyl sites for hydroxylation is 1. The molecular formula is C15H20N2O6S2. The molecule has 2 aromatic rings. The average molecular weight is 388 g/mol. The van der Waals surface area contributed by atoms with Gasteiger partial charge in [-0.15, -0.1) is 0 Å². The molecule has 0 amide bonds. The van der Waals surface area contributed by atoms with Crippen LogP contribution < -0.4 is 10.6 Å². The minimum Gasteiger partial charge on any atom is -0.388 e. The number of nitrogens with one attached hydrogen (secondary N) is 2. The fraction of sp³-hybridized carbons (Fsp3) is 0.200. The first-order valence-electron chi connectivity index (χ1n) is 7.00. The Morgan fingerprint density at radius 3 is 1.76 bits per heavy atom. The zero-order valence-electron chi connectivity index (χ0n) is 13.9. The summed E-state index contributed by atoms with van der Waals surface area (Å²) in [5, 5.41) is 5.45. The van der Waals surface area contributed by atoms with E-state index in [1.807, 2.05) is 7.05 Å². The number of rotatable bonds is 4. The second-order valence-electron chi connectivity index (χ2n) is 4.97. The highest BCUT2D eigenvalue weighted by Crippen LogP contribution is 2.24. The molecule has 138 valence electrons. The Hall–Kier alpha value is -2.14. The van der Waals surface area contributed by atoms with Crippen molar-refractivity contribution in [3.05, 3.63) is 48.0 Å². The Morgan fingerprint density at radius 2 is 1.36 bits per heavy atom. The second-order valence-corrected chi connectivity index (χ2v) is 7.79. The normalized spacial score (nSPS) is 11.2. The van der Waals surface area contributed by atoms with Crippen molar-refractivity contribution in [3.63, 3.8) is 0 Å². The van der Waals surface area contributed by atoms with E-state index in [9.17, 15) is 16.8 Å². The standard InChI is InChI=1S/C8H11N.C7H9NO6S2/c1-7-3-5-8(9-2)6-4-7;1-8-6-4-5(15(9,10)11)2-3-7(6)16(12,13)14/h3-6,9H,1-2H3;2-4,8H,1H3,(H,9,10,11)(H,12,13,14). The third-order valence-electron chi connectivity index (χ3n) is 3.14. The molecule has 25 heavy (non-hydrogen) atoms. The number of benzene rings is 2. The van der Waals surface area contributed by atoms with Crippen LogP contribution in [0.25, 0.3) is 0 Å². The van der Waals surface area contributed by atoms with Gasteiger partial charge < -0.3 is 10.6 Å². The summed E-state index contributed by atoms with van der Waals surface area (Å²) in [6, 6.07) is 11.0. The molecule has 2 aromatic carbocycles. The van der Waals surface area contributed by atoms with E-state index >= 15 is 0 Å². The maximum atomic E-state index is 10.9. The third kappa shape index (κ3) is 6.35. The summed E-state index contributed by atoms with van der Waals surface area (Å²) in [6.45, 7) is 2.08. The fourth-order valence-electron chi connectivity index (χ4n) is 1.81. The van der Waals surface area contributed by atoms with E-state index in [2.05, 4.69) is 41.8 Å². The maximum Gasteiger partial charge on any atom is 0.296 e. The molecule has 0 spiro atoms.